The molecular formula is C7H6N2S2. The maximum Gasteiger partial charge on any atom is 0.132 e. The molecule has 0 saturated carbocycles. The van der Waals surface area contributed by atoms with Crippen LogP contribution in [0.5, 0.6) is 0 Å². The molecule has 0 spiro atoms. The van der Waals surface area contributed by atoms with Gasteiger partial charge in [-0.3, -0.25) is 4.98 Å². The van der Waals surface area contributed by atoms with Crippen LogP contribution in [0.25, 0.3) is 0 Å². The SMILES string of the molecule is c1cc(N=C2SCS2)ccn1. The zero-order valence-electron chi connectivity index (χ0n) is 5.73. The Morgan fingerprint density at radius 3 is 2.55 bits per heavy atom. The molecule has 2 nitrogen and oxygen atoms in total. The fraction of sp³-hybridized carbons (Fsp3) is 0.143. The molecule has 0 radical (unpaired) electrons. The minimum Gasteiger partial charge on any atom is -0.265 e. The summed E-state index contributed by atoms with van der Waals surface area (Å²) in [4.78, 5) is 8.28. The van der Waals surface area contributed by atoms with Gasteiger partial charge in [-0.1, -0.05) is 23.5 Å². The maximum absolute atomic E-state index is 4.37. The lowest BCUT2D eigenvalue weighted by atomic mass is 10.4. The summed E-state index contributed by atoms with van der Waals surface area (Å²) in [7, 11) is 0. The first-order valence-corrected chi connectivity index (χ1v) is 5.16. The molecule has 0 aliphatic carbocycles. The average Bonchev–Trinajstić information content (AvgIpc) is 1.99. The first kappa shape index (κ1) is 7.18. The van der Waals surface area contributed by atoms with Gasteiger partial charge in [-0.25, -0.2) is 4.99 Å². The molecule has 56 valence electrons. The summed E-state index contributed by atoms with van der Waals surface area (Å²) < 4.78 is 1.16. The van der Waals surface area contributed by atoms with Gasteiger partial charge in [0, 0.05) is 12.4 Å². The van der Waals surface area contributed by atoms with Gasteiger partial charge in [0.2, 0.25) is 0 Å². The van der Waals surface area contributed by atoms with E-state index in [1.165, 1.54) is 0 Å². The van der Waals surface area contributed by atoms with Crippen molar-refractivity contribution in [1.82, 2.24) is 4.98 Å². The third-order valence-electron chi connectivity index (χ3n) is 1.25. The molecule has 0 aromatic carbocycles. The summed E-state index contributed by atoms with van der Waals surface area (Å²) in [6.45, 7) is 0. The second-order valence-electron chi connectivity index (χ2n) is 1.99. The smallest absolute Gasteiger partial charge is 0.132 e. The quantitative estimate of drug-likeness (QED) is 0.667. The van der Waals surface area contributed by atoms with Crippen molar-refractivity contribution in [3.8, 4) is 0 Å². The monoisotopic (exact) mass is 182 g/mol. The molecule has 2 rings (SSSR count). The van der Waals surface area contributed by atoms with Crippen molar-refractivity contribution >= 4 is 33.6 Å². The van der Waals surface area contributed by atoms with Crippen LogP contribution in [0.4, 0.5) is 5.69 Å². The third-order valence-corrected chi connectivity index (χ3v) is 3.57. The van der Waals surface area contributed by atoms with Gasteiger partial charge in [0.1, 0.15) is 4.38 Å². The molecule has 1 saturated heterocycles. The molecule has 1 aliphatic heterocycles. The lowest BCUT2D eigenvalue weighted by Gasteiger charge is -2.11. The van der Waals surface area contributed by atoms with E-state index in [4.69, 9.17) is 0 Å². The first-order chi connectivity index (χ1) is 5.45. The normalized spacial score (nSPS) is 15.8. The van der Waals surface area contributed by atoms with Crippen LogP contribution in [0.1, 0.15) is 0 Å². The number of rotatable bonds is 1. The van der Waals surface area contributed by atoms with Gasteiger partial charge in [-0.15, -0.1) is 0 Å². The van der Waals surface area contributed by atoms with Crippen molar-refractivity contribution in [2.75, 3.05) is 5.08 Å². The van der Waals surface area contributed by atoms with Crippen LogP contribution in [0, 0.1) is 0 Å². The molecule has 0 unspecified atom stereocenters. The highest BCUT2D eigenvalue weighted by Crippen LogP contribution is 2.34. The standard InChI is InChI=1S/C7H6N2S2/c1-3-8-4-2-6(1)9-7-10-5-11-7/h1-4H,5H2. The fourth-order valence-electron chi connectivity index (χ4n) is 0.700. The van der Waals surface area contributed by atoms with Gasteiger partial charge in [0.25, 0.3) is 0 Å². The summed E-state index contributed by atoms with van der Waals surface area (Å²) in [5.74, 6) is 0. The van der Waals surface area contributed by atoms with E-state index in [1.807, 2.05) is 12.1 Å². The highest BCUT2D eigenvalue weighted by atomic mass is 32.3. The highest BCUT2D eigenvalue weighted by Gasteiger charge is 2.11. The summed E-state index contributed by atoms with van der Waals surface area (Å²) in [5, 5.41) is 1.14. The second-order valence-corrected chi connectivity index (χ2v) is 4.54. The first-order valence-electron chi connectivity index (χ1n) is 3.19. The van der Waals surface area contributed by atoms with E-state index in [0.29, 0.717) is 0 Å². The Balaban J connectivity index is 2.17. The number of thioether (sulfide) groups is 2. The number of hydrogen-bond acceptors (Lipinski definition) is 4. The number of aliphatic imine (C=N–C) groups is 1. The van der Waals surface area contributed by atoms with E-state index in [1.54, 1.807) is 35.9 Å². The van der Waals surface area contributed by atoms with E-state index in [0.717, 1.165) is 15.1 Å². The van der Waals surface area contributed by atoms with Gasteiger partial charge < -0.3 is 0 Å². The zero-order chi connectivity index (χ0) is 7.52. The van der Waals surface area contributed by atoms with Crippen LogP contribution in [-0.2, 0) is 0 Å². The Morgan fingerprint density at radius 2 is 2.00 bits per heavy atom. The van der Waals surface area contributed by atoms with Crippen LogP contribution in [0.15, 0.2) is 29.5 Å². The van der Waals surface area contributed by atoms with E-state index in [-0.39, 0.29) is 0 Å². The van der Waals surface area contributed by atoms with Crippen molar-refractivity contribution in [1.29, 1.82) is 0 Å². The van der Waals surface area contributed by atoms with E-state index < -0.39 is 0 Å². The number of pyridine rings is 1. The molecule has 0 amide bonds. The zero-order valence-corrected chi connectivity index (χ0v) is 7.36. The molecule has 1 aromatic rings. The van der Waals surface area contributed by atoms with Crippen LogP contribution >= 0.6 is 23.5 Å². The average molecular weight is 182 g/mol. The largest absolute Gasteiger partial charge is 0.265 e. The number of hydrogen-bond donors (Lipinski definition) is 0. The van der Waals surface area contributed by atoms with Crippen molar-refractivity contribution in [2.24, 2.45) is 4.99 Å². The predicted molar refractivity (Wildman–Crippen MR) is 51.4 cm³/mol. The lowest BCUT2D eigenvalue weighted by Crippen LogP contribution is -1.96. The van der Waals surface area contributed by atoms with Gasteiger partial charge in [-0.05, 0) is 12.1 Å². The number of aromatic nitrogens is 1. The van der Waals surface area contributed by atoms with Crippen molar-refractivity contribution in [3.63, 3.8) is 0 Å². The fourth-order valence-corrected chi connectivity index (χ4v) is 1.93. The summed E-state index contributed by atoms with van der Waals surface area (Å²) in [5.41, 5.74) is 0.995. The van der Waals surface area contributed by atoms with Crippen LogP contribution < -0.4 is 0 Å². The molecule has 1 fully saturated rings. The molecule has 0 N–H and O–H groups in total. The topological polar surface area (TPSA) is 25.2 Å². The molecule has 0 atom stereocenters. The third kappa shape index (κ3) is 1.75. The Labute approximate surface area is 73.5 Å². The molecule has 1 aromatic heterocycles. The lowest BCUT2D eigenvalue weighted by molar-refractivity contribution is 1.32. The van der Waals surface area contributed by atoms with Crippen molar-refractivity contribution in [3.05, 3.63) is 24.5 Å². The predicted octanol–water partition coefficient (Wildman–Crippen LogP) is 2.51. The Bertz CT molecular complexity index is 265. The van der Waals surface area contributed by atoms with Crippen LogP contribution in [-0.4, -0.2) is 14.4 Å². The minimum atomic E-state index is 0.995. The van der Waals surface area contributed by atoms with Gasteiger partial charge in [0.05, 0.1) is 10.8 Å². The van der Waals surface area contributed by atoms with Gasteiger partial charge >= 0.3 is 0 Å². The van der Waals surface area contributed by atoms with E-state index in [2.05, 4.69) is 9.98 Å². The molecule has 11 heavy (non-hydrogen) atoms. The maximum atomic E-state index is 4.37. The van der Waals surface area contributed by atoms with Gasteiger partial charge in [-0.2, -0.15) is 0 Å². The summed E-state index contributed by atoms with van der Waals surface area (Å²) >= 11 is 3.59. The highest BCUT2D eigenvalue weighted by molar-refractivity contribution is 8.52. The van der Waals surface area contributed by atoms with E-state index in [9.17, 15) is 0 Å². The Kier molecular flexibility index (Phi) is 2.14. The van der Waals surface area contributed by atoms with Crippen molar-refractivity contribution in [2.45, 2.75) is 0 Å². The van der Waals surface area contributed by atoms with Crippen LogP contribution in [0.3, 0.4) is 0 Å². The summed E-state index contributed by atoms with van der Waals surface area (Å²) in [6.07, 6.45) is 3.51. The summed E-state index contributed by atoms with van der Waals surface area (Å²) in [6, 6.07) is 3.82. The number of nitrogens with zero attached hydrogens (tertiary/aromatic N) is 2. The Hall–Kier alpha value is -0.480. The minimum absolute atomic E-state index is 0.995. The molecule has 1 aliphatic rings. The molecular weight excluding hydrogens is 176 g/mol. The molecule has 2 heterocycles. The van der Waals surface area contributed by atoms with Crippen LogP contribution in [0.2, 0.25) is 0 Å². The van der Waals surface area contributed by atoms with E-state index >= 15 is 0 Å². The van der Waals surface area contributed by atoms with Crippen molar-refractivity contribution < 1.29 is 0 Å². The second kappa shape index (κ2) is 3.28. The Morgan fingerprint density at radius 1 is 1.27 bits per heavy atom. The van der Waals surface area contributed by atoms with Gasteiger partial charge in [0.15, 0.2) is 0 Å². The molecule has 0 bridgehead atoms. The molecule has 4 heteroatoms.